The highest BCUT2D eigenvalue weighted by atomic mass is 35.5. The van der Waals surface area contributed by atoms with E-state index in [1.54, 1.807) is 12.3 Å². The van der Waals surface area contributed by atoms with Gasteiger partial charge in [-0.1, -0.05) is 24.9 Å². The number of aryl methyl sites for hydroxylation is 1. The summed E-state index contributed by atoms with van der Waals surface area (Å²) >= 11 is 5.80. The molecule has 0 fully saturated rings. The van der Waals surface area contributed by atoms with Crippen molar-refractivity contribution in [2.24, 2.45) is 0 Å². The predicted molar refractivity (Wildman–Crippen MR) is 87.1 cm³/mol. The lowest BCUT2D eigenvalue weighted by Crippen LogP contribution is -1.94. The Morgan fingerprint density at radius 3 is 2.91 bits per heavy atom. The van der Waals surface area contributed by atoms with Crippen LogP contribution in [0.5, 0.6) is 0 Å². The summed E-state index contributed by atoms with van der Waals surface area (Å²) in [6.07, 6.45) is 3.50. The quantitative estimate of drug-likeness (QED) is 0.718. The van der Waals surface area contributed by atoms with Crippen molar-refractivity contribution in [3.63, 3.8) is 0 Å². The second-order valence-electron chi connectivity index (χ2n) is 4.98. The van der Waals surface area contributed by atoms with Gasteiger partial charge in [0.15, 0.2) is 5.58 Å². The highest BCUT2D eigenvalue weighted by molar-refractivity contribution is 6.31. The standard InChI is InChI=1S/C16H15ClFN3O/c1-2-3-13-15-10(6-7-20-13)14(16(19)22-15)21-9-4-5-12(18)11(17)8-9/h4-8,21H,2-3,19H2,1H3. The molecule has 4 nitrogen and oxygen atoms in total. The van der Waals surface area contributed by atoms with Gasteiger partial charge in [-0.05, 0) is 30.7 Å². The summed E-state index contributed by atoms with van der Waals surface area (Å²) in [5.74, 6) is -0.201. The Bertz CT molecular complexity index is 832. The summed E-state index contributed by atoms with van der Waals surface area (Å²) in [6, 6.07) is 6.23. The average molecular weight is 320 g/mol. The van der Waals surface area contributed by atoms with Crippen molar-refractivity contribution in [2.75, 3.05) is 11.1 Å². The Hall–Kier alpha value is -2.27. The number of anilines is 3. The Labute approximate surface area is 132 Å². The summed E-state index contributed by atoms with van der Waals surface area (Å²) in [6.45, 7) is 2.08. The van der Waals surface area contributed by atoms with Crippen LogP contribution in [0.3, 0.4) is 0 Å². The van der Waals surface area contributed by atoms with E-state index in [1.165, 1.54) is 12.1 Å². The molecule has 0 saturated carbocycles. The fourth-order valence-corrected chi connectivity index (χ4v) is 2.54. The summed E-state index contributed by atoms with van der Waals surface area (Å²) in [7, 11) is 0. The van der Waals surface area contributed by atoms with Crippen LogP contribution in [0.1, 0.15) is 19.0 Å². The van der Waals surface area contributed by atoms with E-state index in [0.717, 1.165) is 23.9 Å². The number of nitrogen functional groups attached to an aromatic ring is 1. The first-order valence-corrected chi connectivity index (χ1v) is 7.36. The van der Waals surface area contributed by atoms with Gasteiger partial charge in [-0.25, -0.2) is 4.39 Å². The van der Waals surface area contributed by atoms with E-state index in [9.17, 15) is 4.39 Å². The summed E-state index contributed by atoms with van der Waals surface area (Å²) < 4.78 is 18.9. The summed E-state index contributed by atoms with van der Waals surface area (Å²) in [4.78, 5) is 4.34. The first kappa shape index (κ1) is 14.7. The molecule has 0 aliphatic rings. The first-order valence-electron chi connectivity index (χ1n) is 6.98. The van der Waals surface area contributed by atoms with Crippen LogP contribution < -0.4 is 11.1 Å². The maximum absolute atomic E-state index is 13.2. The Morgan fingerprint density at radius 2 is 2.18 bits per heavy atom. The molecular formula is C16H15ClFN3O. The molecule has 0 saturated heterocycles. The maximum atomic E-state index is 13.2. The Kier molecular flexibility index (Phi) is 3.90. The lowest BCUT2D eigenvalue weighted by atomic mass is 10.1. The molecule has 22 heavy (non-hydrogen) atoms. The fraction of sp³-hybridized carbons (Fsp3) is 0.188. The fourth-order valence-electron chi connectivity index (χ4n) is 2.36. The molecule has 0 aliphatic heterocycles. The number of pyridine rings is 1. The largest absolute Gasteiger partial charge is 0.437 e. The molecule has 0 bridgehead atoms. The van der Waals surface area contributed by atoms with E-state index in [4.69, 9.17) is 21.8 Å². The smallest absolute Gasteiger partial charge is 0.215 e. The molecule has 6 heteroatoms. The molecule has 0 radical (unpaired) electrons. The van der Waals surface area contributed by atoms with Crippen LogP contribution in [0.25, 0.3) is 11.0 Å². The first-order chi connectivity index (χ1) is 10.6. The molecule has 114 valence electrons. The van der Waals surface area contributed by atoms with Crippen LogP contribution in [0.15, 0.2) is 34.9 Å². The van der Waals surface area contributed by atoms with E-state index in [0.29, 0.717) is 17.0 Å². The summed E-state index contributed by atoms with van der Waals surface area (Å²) in [5.41, 5.74) is 8.79. The van der Waals surface area contributed by atoms with Crippen LogP contribution in [0, 0.1) is 5.82 Å². The molecule has 2 aromatic heterocycles. The number of nitrogens with zero attached hydrogens (tertiary/aromatic N) is 1. The molecule has 0 spiro atoms. The molecule has 3 rings (SSSR count). The van der Waals surface area contributed by atoms with Gasteiger partial charge in [-0.2, -0.15) is 0 Å². The van der Waals surface area contributed by atoms with Crippen molar-refractivity contribution < 1.29 is 8.81 Å². The normalized spacial score (nSPS) is 11.0. The summed E-state index contributed by atoms with van der Waals surface area (Å²) in [5, 5.41) is 4.02. The number of benzene rings is 1. The maximum Gasteiger partial charge on any atom is 0.215 e. The number of nitrogens with two attached hydrogens (primary N) is 1. The van der Waals surface area contributed by atoms with Crippen LogP contribution in [0.2, 0.25) is 5.02 Å². The Balaban J connectivity index is 2.05. The van der Waals surface area contributed by atoms with Crippen LogP contribution in [-0.4, -0.2) is 4.98 Å². The average Bonchev–Trinajstić information content (AvgIpc) is 2.81. The third kappa shape index (κ3) is 2.60. The number of aromatic nitrogens is 1. The van der Waals surface area contributed by atoms with Gasteiger partial charge in [0.05, 0.1) is 10.7 Å². The van der Waals surface area contributed by atoms with E-state index < -0.39 is 5.82 Å². The minimum atomic E-state index is -0.466. The molecule has 1 aromatic carbocycles. The topological polar surface area (TPSA) is 64.1 Å². The zero-order chi connectivity index (χ0) is 15.7. The van der Waals surface area contributed by atoms with Crippen LogP contribution >= 0.6 is 11.6 Å². The number of fused-ring (bicyclic) bond motifs is 1. The number of halogens is 2. The molecule has 3 N–H and O–H groups in total. The second kappa shape index (κ2) is 5.85. The highest BCUT2D eigenvalue weighted by Crippen LogP contribution is 2.36. The van der Waals surface area contributed by atoms with Gasteiger partial charge in [0, 0.05) is 17.3 Å². The van der Waals surface area contributed by atoms with Crippen LogP contribution in [0.4, 0.5) is 21.6 Å². The van der Waals surface area contributed by atoms with Gasteiger partial charge >= 0.3 is 0 Å². The zero-order valence-corrected chi connectivity index (χ0v) is 12.7. The number of furan rings is 1. The third-order valence-corrected chi connectivity index (χ3v) is 3.67. The van der Waals surface area contributed by atoms with Crippen molar-refractivity contribution in [1.82, 2.24) is 4.98 Å². The number of nitrogens with one attached hydrogen (secondary N) is 1. The number of hydrogen-bond acceptors (Lipinski definition) is 4. The minimum Gasteiger partial charge on any atom is -0.437 e. The molecule has 0 amide bonds. The van der Waals surface area contributed by atoms with Gasteiger partial charge in [0.1, 0.15) is 11.5 Å². The molecular weight excluding hydrogens is 305 g/mol. The molecule has 0 aliphatic carbocycles. The van der Waals surface area contributed by atoms with Crippen molar-refractivity contribution in [2.45, 2.75) is 19.8 Å². The molecule has 0 unspecified atom stereocenters. The molecule has 3 aromatic rings. The lowest BCUT2D eigenvalue weighted by molar-refractivity contribution is 0.628. The van der Waals surface area contributed by atoms with Crippen molar-refractivity contribution in [3.8, 4) is 0 Å². The van der Waals surface area contributed by atoms with Crippen molar-refractivity contribution in [3.05, 3.63) is 47.0 Å². The zero-order valence-electron chi connectivity index (χ0n) is 12.0. The number of rotatable bonds is 4. The van der Waals surface area contributed by atoms with E-state index >= 15 is 0 Å². The van der Waals surface area contributed by atoms with Crippen molar-refractivity contribution in [1.29, 1.82) is 0 Å². The van der Waals surface area contributed by atoms with Crippen LogP contribution in [-0.2, 0) is 6.42 Å². The van der Waals surface area contributed by atoms with Gasteiger partial charge < -0.3 is 15.5 Å². The molecule has 0 atom stereocenters. The van der Waals surface area contributed by atoms with Crippen molar-refractivity contribution >= 4 is 39.8 Å². The molecule has 2 heterocycles. The van der Waals surface area contributed by atoms with Gasteiger partial charge in [0.2, 0.25) is 5.88 Å². The minimum absolute atomic E-state index is 0.0460. The lowest BCUT2D eigenvalue weighted by Gasteiger charge is -2.06. The van der Waals surface area contributed by atoms with Gasteiger partial charge in [0.25, 0.3) is 0 Å². The number of hydrogen-bond donors (Lipinski definition) is 2. The third-order valence-electron chi connectivity index (χ3n) is 3.38. The van der Waals surface area contributed by atoms with E-state index in [-0.39, 0.29) is 10.9 Å². The second-order valence-corrected chi connectivity index (χ2v) is 5.39. The van der Waals surface area contributed by atoms with E-state index in [2.05, 4.69) is 17.2 Å². The monoisotopic (exact) mass is 319 g/mol. The van der Waals surface area contributed by atoms with Gasteiger partial charge in [-0.15, -0.1) is 0 Å². The predicted octanol–water partition coefficient (Wildman–Crippen LogP) is 4.90. The Morgan fingerprint density at radius 1 is 1.36 bits per heavy atom. The SMILES string of the molecule is CCCc1nccc2c(Nc3ccc(F)c(Cl)c3)c(N)oc12. The highest BCUT2D eigenvalue weighted by Gasteiger charge is 2.15. The van der Waals surface area contributed by atoms with Gasteiger partial charge in [-0.3, -0.25) is 4.98 Å². The van der Waals surface area contributed by atoms with E-state index in [1.807, 2.05) is 6.07 Å².